The highest BCUT2D eigenvalue weighted by Gasteiger charge is 2.38. The summed E-state index contributed by atoms with van der Waals surface area (Å²) in [6, 6.07) is 7.40. The monoisotopic (exact) mass is 292 g/mol. The van der Waals surface area contributed by atoms with Crippen LogP contribution in [0.5, 0.6) is 5.75 Å². The van der Waals surface area contributed by atoms with E-state index in [9.17, 15) is 8.78 Å². The van der Waals surface area contributed by atoms with E-state index in [0.717, 1.165) is 22.3 Å². The van der Waals surface area contributed by atoms with Gasteiger partial charge in [-0.15, -0.1) is 0 Å². The molecule has 1 aliphatic rings. The third kappa shape index (κ3) is 2.91. The quantitative estimate of drug-likeness (QED) is 0.858. The molecule has 0 saturated carbocycles. The summed E-state index contributed by atoms with van der Waals surface area (Å²) >= 11 is 0. The lowest BCUT2D eigenvalue weighted by Gasteiger charge is -2.19. The molecule has 0 amide bonds. The van der Waals surface area contributed by atoms with Crippen molar-refractivity contribution in [1.82, 2.24) is 4.98 Å². The second-order valence-electron chi connectivity index (χ2n) is 5.70. The van der Waals surface area contributed by atoms with Crippen molar-refractivity contribution >= 4 is 16.6 Å². The highest BCUT2D eigenvalue weighted by atomic mass is 19.3. The predicted molar refractivity (Wildman–Crippen MR) is 79.3 cm³/mol. The van der Waals surface area contributed by atoms with E-state index in [1.165, 1.54) is 0 Å². The van der Waals surface area contributed by atoms with Crippen LogP contribution in [-0.2, 0) is 0 Å². The van der Waals surface area contributed by atoms with Crippen LogP contribution in [0.4, 0.5) is 14.5 Å². The smallest absolute Gasteiger partial charge is 0.266 e. The lowest BCUT2D eigenvalue weighted by atomic mass is 10.1. The fraction of sp³-hybridized carbons (Fsp3) is 0.438. The summed E-state index contributed by atoms with van der Waals surface area (Å²) in [5.41, 5.74) is 1.60. The second-order valence-corrected chi connectivity index (χ2v) is 5.70. The third-order valence-corrected chi connectivity index (χ3v) is 3.58. The van der Waals surface area contributed by atoms with Crippen molar-refractivity contribution in [2.75, 3.05) is 18.0 Å². The molecule has 1 aliphatic heterocycles. The fourth-order valence-corrected chi connectivity index (χ4v) is 2.62. The Labute approximate surface area is 122 Å². The number of benzene rings is 1. The zero-order valence-corrected chi connectivity index (χ0v) is 12.1. The summed E-state index contributed by atoms with van der Waals surface area (Å²) in [4.78, 5) is 6.01. The number of anilines is 1. The molecule has 1 fully saturated rings. The number of ether oxygens (including phenoxy) is 1. The predicted octanol–water partition coefficient (Wildman–Crippen LogP) is 3.87. The number of alkyl halides is 2. The van der Waals surface area contributed by atoms with Gasteiger partial charge < -0.3 is 9.64 Å². The second kappa shape index (κ2) is 5.13. The summed E-state index contributed by atoms with van der Waals surface area (Å²) in [5, 5.41) is 0.860. The minimum atomic E-state index is -2.60. The van der Waals surface area contributed by atoms with Crippen molar-refractivity contribution in [3.63, 3.8) is 0 Å². The van der Waals surface area contributed by atoms with E-state index in [-0.39, 0.29) is 19.1 Å². The van der Waals surface area contributed by atoms with Gasteiger partial charge in [-0.2, -0.15) is 0 Å². The molecule has 0 radical (unpaired) electrons. The number of hydrogen-bond acceptors (Lipinski definition) is 3. The van der Waals surface area contributed by atoms with Crippen molar-refractivity contribution < 1.29 is 13.5 Å². The van der Waals surface area contributed by atoms with Gasteiger partial charge in [0.05, 0.1) is 18.2 Å². The first-order chi connectivity index (χ1) is 9.94. The molecule has 5 heteroatoms. The van der Waals surface area contributed by atoms with Crippen LogP contribution in [0.25, 0.3) is 10.9 Å². The van der Waals surface area contributed by atoms with E-state index >= 15 is 0 Å². The molecule has 0 spiro atoms. The Morgan fingerprint density at radius 2 is 2.10 bits per heavy atom. The minimum absolute atomic E-state index is 0.0513. The molecule has 0 atom stereocenters. The van der Waals surface area contributed by atoms with Gasteiger partial charge >= 0.3 is 0 Å². The first-order valence-corrected chi connectivity index (χ1v) is 7.13. The Hall–Kier alpha value is -1.91. The van der Waals surface area contributed by atoms with Crippen molar-refractivity contribution in [3.8, 4) is 5.75 Å². The van der Waals surface area contributed by atoms with E-state index in [1.54, 1.807) is 11.1 Å². The van der Waals surface area contributed by atoms with Gasteiger partial charge in [0.2, 0.25) is 0 Å². The molecule has 2 aromatic rings. The summed E-state index contributed by atoms with van der Waals surface area (Å²) < 4.78 is 32.5. The summed E-state index contributed by atoms with van der Waals surface area (Å²) in [5.74, 6) is -1.86. The van der Waals surface area contributed by atoms with Crippen LogP contribution >= 0.6 is 0 Å². The molecule has 3 rings (SSSR count). The SMILES string of the molecule is CC(C)Oc1ccnc2ccc(N3CCC(F)(F)C3)cc12. The number of rotatable bonds is 3. The third-order valence-electron chi connectivity index (χ3n) is 3.58. The molecular formula is C16H18F2N2O. The molecular weight excluding hydrogens is 274 g/mol. The Kier molecular flexibility index (Phi) is 3.43. The van der Waals surface area contributed by atoms with Gasteiger partial charge in [0.1, 0.15) is 5.75 Å². The maximum Gasteiger partial charge on any atom is 0.266 e. The average molecular weight is 292 g/mol. The average Bonchev–Trinajstić information content (AvgIpc) is 2.78. The maximum atomic E-state index is 13.4. The molecule has 3 nitrogen and oxygen atoms in total. The largest absolute Gasteiger partial charge is 0.490 e. The Morgan fingerprint density at radius 3 is 2.76 bits per heavy atom. The minimum Gasteiger partial charge on any atom is -0.490 e. The molecule has 21 heavy (non-hydrogen) atoms. The highest BCUT2D eigenvalue weighted by molar-refractivity contribution is 5.88. The van der Waals surface area contributed by atoms with Crippen LogP contribution < -0.4 is 9.64 Å². The van der Waals surface area contributed by atoms with Crippen LogP contribution in [0, 0.1) is 0 Å². The normalized spacial score (nSPS) is 17.7. The van der Waals surface area contributed by atoms with Crippen LogP contribution in [0.1, 0.15) is 20.3 Å². The first-order valence-electron chi connectivity index (χ1n) is 7.13. The molecule has 2 heterocycles. The lowest BCUT2D eigenvalue weighted by molar-refractivity contribution is 0.0257. The number of pyridine rings is 1. The summed E-state index contributed by atoms with van der Waals surface area (Å²) in [6.07, 6.45) is 1.66. The first kappa shape index (κ1) is 14.0. The van der Waals surface area contributed by atoms with Crippen molar-refractivity contribution in [2.24, 2.45) is 0 Å². The molecule has 1 aromatic carbocycles. The van der Waals surface area contributed by atoms with Gasteiger partial charge in [0.25, 0.3) is 5.92 Å². The van der Waals surface area contributed by atoms with Crippen molar-refractivity contribution in [1.29, 1.82) is 0 Å². The van der Waals surface area contributed by atoms with Gasteiger partial charge in [-0.3, -0.25) is 4.98 Å². The molecule has 0 unspecified atom stereocenters. The number of aromatic nitrogens is 1. The number of fused-ring (bicyclic) bond motifs is 1. The van der Waals surface area contributed by atoms with Crippen LogP contribution in [0.3, 0.4) is 0 Å². The Bertz CT molecular complexity index is 658. The van der Waals surface area contributed by atoms with Gasteiger partial charge in [0, 0.05) is 30.2 Å². The molecule has 1 aromatic heterocycles. The fourth-order valence-electron chi connectivity index (χ4n) is 2.62. The van der Waals surface area contributed by atoms with E-state index < -0.39 is 5.92 Å². The number of hydrogen-bond donors (Lipinski definition) is 0. The molecule has 0 bridgehead atoms. The van der Waals surface area contributed by atoms with Gasteiger partial charge in [-0.1, -0.05) is 0 Å². The Balaban J connectivity index is 1.99. The topological polar surface area (TPSA) is 25.4 Å². The van der Waals surface area contributed by atoms with Crippen molar-refractivity contribution in [3.05, 3.63) is 30.5 Å². The summed E-state index contributed by atoms with van der Waals surface area (Å²) in [7, 11) is 0. The van der Waals surface area contributed by atoms with Gasteiger partial charge in [-0.25, -0.2) is 8.78 Å². The number of nitrogens with zero attached hydrogens (tertiary/aromatic N) is 2. The van der Waals surface area contributed by atoms with E-state index in [1.807, 2.05) is 38.1 Å². The van der Waals surface area contributed by atoms with E-state index in [4.69, 9.17) is 4.74 Å². The molecule has 0 N–H and O–H groups in total. The van der Waals surface area contributed by atoms with Gasteiger partial charge in [-0.05, 0) is 38.1 Å². The molecule has 112 valence electrons. The van der Waals surface area contributed by atoms with Crippen LogP contribution in [-0.4, -0.2) is 30.1 Å². The van der Waals surface area contributed by atoms with Crippen LogP contribution in [0.2, 0.25) is 0 Å². The van der Waals surface area contributed by atoms with Crippen molar-refractivity contribution in [2.45, 2.75) is 32.3 Å². The van der Waals surface area contributed by atoms with Crippen LogP contribution in [0.15, 0.2) is 30.5 Å². The zero-order valence-electron chi connectivity index (χ0n) is 12.1. The molecule has 1 saturated heterocycles. The summed E-state index contributed by atoms with van der Waals surface area (Å²) in [6.45, 7) is 4.06. The zero-order chi connectivity index (χ0) is 15.0. The lowest BCUT2D eigenvalue weighted by Crippen LogP contribution is -2.24. The van der Waals surface area contributed by atoms with Gasteiger partial charge in [0.15, 0.2) is 0 Å². The Morgan fingerprint density at radius 1 is 1.29 bits per heavy atom. The van der Waals surface area contributed by atoms with E-state index in [0.29, 0.717) is 6.54 Å². The standard InChI is InChI=1S/C16H18F2N2O/c1-11(2)21-15-5-7-19-14-4-3-12(9-13(14)15)20-8-6-16(17,18)10-20/h3-5,7,9,11H,6,8,10H2,1-2H3. The number of halogens is 2. The maximum absolute atomic E-state index is 13.4. The highest BCUT2D eigenvalue weighted by Crippen LogP contribution is 2.34. The molecule has 0 aliphatic carbocycles. The van der Waals surface area contributed by atoms with E-state index in [2.05, 4.69) is 4.98 Å².